The van der Waals surface area contributed by atoms with Crippen LogP contribution in [0.25, 0.3) is 16.5 Å². The third kappa shape index (κ3) is 4.64. The quantitative estimate of drug-likeness (QED) is 0.375. The number of aromatic nitrogens is 2. The zero-order valence-electron chi connectivity index (χ0n) is 20.4. The van der Waals surface area contributed by atoms with Crippen molar-refractivity contribution in [2.75, 3.05) is 19.6 Å². The Labute approximate surface area is 218 Å². The molecule has 0 amide bonds. The lowest BCUT2D eigenvalue weighted by molar-refractivity contribution is 0.181. The van der Waals surface area contributed by atoms with Gasteiger partial charge in [0, 0.05) is 46.2 Å². The highest BCUT2D eigenvalue weighted by atomic mass is 35.5. The van der Waals surface area contributed by atoms with Crippen molar-refractivity contribution in [3.63, 3.8) is 0 Å². The van der Waals surface area contributed by atoms with Crippen LogP contribution in [0.1, 0.15) is 62.6 Å². The van der Waals surface area contributed by atoms with E-state index in [1.54, 1.807) is 6.07 Å². The number of halogens is 2. The summed E-state index contributed by atoms with van der Waals surface area (Å²) in [7, 11) is 0. The monoisotopic (exact) mass is 508 g/mol. The number of nitrogens with two attached hydrogens (primary N) is 1. The summed E-state index contributed by atoms with van der Waals surface area (Å²) in [6.45, 7) is 9.24. The maximum Gasteiger partial charge on any atom is 0.0761 e. The van der Waals surface area contributed by atoms with Crippen molar-refractivity contribution in [3.8, 4) is 0 Å². The minimum absolute atomic E-state index is 0.00499. The van der Waals surface area contributed by atoms with E-state index < -0.39 is 0 Å². The van der Waals surface area contributed by atoms with Crippen molar-refractivity contribution in [3.05, 3.63) is 82.1 Å². The van der Waals surface area contributed by atoms with Crippen molar-refractivity contribution < 1.29 is 0 Å². The average Bonchev–Trinajstić information content (AvgIpc) is 3.32. The average molecular weight is 510 g/mol. The zero-order valence-corrected chi connectivity index (χ0v) is 22.0. The summed E-state index contributed by atoms with van der Waals surface area (Å²) in [5.41, 5.74) is 12.4. The highest BCUT2D eigenvalue weighted by Gasteiger charge is 2.36. The van der Waals surface area contributed by atoms with E-state index >= 15 is 0 Å². The summed E-state index contributed by atoms with van der Waals surface area (Å²) in [5.74, 6) is 0. The molecule has 1 atom stereocenters. The van der Waals surface area contributed by atoms with Crippen LogP contribution in [0.3, 0.4) is 0 Å². The van der Waals surface area contributed by atoms with Crippen LogP contribution in [-0.2, 0) is 0 Å². The summed E-state index contributed by atoms with van der Waals surface area (Å²) in [5, 5.41) is 7.12. The largest absolute Gasteiger partial charge is 0.371 e. The number of fused-ring (bicyclic) bond motifs is 1. The molecule has 0 bridgehead atoms. The predicted molar refractivity (Wildman–Crippen MR) is 148 cm³/mol. The van der Waals surface area contributed by atoms with Gasteiger partial charge in [-0.2, -0.15) is 5.10 Å². The van der Waals surface area contributed by atoms with Gasteiger partial charge in [0.25, 0.3) is 0 Å². The molecule has 35 heavy (non-hydrogen) atoms. The van der Waals surface area contributed by atoms with Crippen molar-refractivity contribution >= 4 is 39.7 Å². The first-order chi connectivity index (χ1) is 16.9. The molecule has 0 saturated heterocycles. The van der Waals surface area contributed by atoms with Crippen LogP contribution in [0.15, 0.2) is 60.9 Å². The Bertz CT molecular complexity index is 1270. The van der Waals surface area contributed by atoms with Crippen LogP contribution in [0.4, 0.5) is 0 Å². The van der Waals surface area contributed by atoms with Gasteiger partial charge in [-0.15, -0.1) is 0 Å². The Morgan fingerprint density at radius 2 is 1.94 bits per heavy atom. The summed E-state index contributed by atoms with van der Waals surface area (Å²) in [6.07, 6.45) is 11.5. The molecule has 1 unspecified atom stereocenters. The number of hydrogen-bond acceptors (Lipinski definition) is 3. The van der Waals surface area contributed by atoms with Crippen LogP contribution in [0.2, 0.25) is 10.0 Å². The summed E-state index contributed by atoms with van der Waals surface area (Å²) in [6, 6.07) is 12.3. The molecule has 3 aromatic rings. The van der Waals surface area contributed by atoms with Gasteiger partial charge in [-0.25, -0.2) is 0 Å². The van der Waals surface area contributed by atoms with Crippen LogP contribution in [0.5, 0.6) is 0 Å². The highest BCUT2D eigenvalue weighted by molar-refractivity contribution is 6.35. The molecular weight excluding hydrogens is 475 g/mol. The molecule has 1 saturated carbocycles. The van der Waals surface area contributed by atoms with E-state index in [9.17, 15) is 0 Å². The van der Waals surface area contributed by atoms with Gasteiger partial charge in [-0.1, -0.05) is 73.3 Å². The molecule has 5 rings (SSSR count). The van der Waals surface area contributed by atoms with Gasteiger partial charge in [0.1, 0.15) is 0 Å². The topological polar surface area (TPSA) is 47.1 Å². The van der Waals surface area contributed by atoms with Crippen molar-refractivity contribution in [2.45, 2.75) is 51.5 Å². The first-order valence-corrected chi connectivity index (χ1v) is 13.4. The zero-order chi connectivity index (χ0) is 24.6. The SMILES string of the molecule is C=C(N1CC=C(c2ccc3cnn(C(C)c4ccc(Cl)cc4Cl)c3c2)CC1)C1(CN)CCCCC1. The van der Waals surface area contributed by atoms with Gasteiger partial charge in [0.15, 0.2) is 0 Å². The summed E-state index contributed by atoms with van der Waals surface area (Å²) >= 11 is 12.6. The first-order valence-electron chi connectivity index (χ1n) is 12.7. The lowest BCUT2D eigenvalue weighted by Crippen LogP contribution is -2.42. The predicted octanol–water partition coefficient (Wildman–Crippen LogP) is 7.46. The molecule has 2 N–H and O–H groups in total. The molecule has 2 aromatic carbocycles. The van der Waals surface area contributed by atoms with Gasteiger partial charge < -0.3 is 10.6 Å². The molecule has 1 aliphatic carbocycles. The fourth-order valence-electron chi connectivity index (χ4n) is 5.87. The first kappa shape index (κ1) is 24.4. The molecule has 1 aliphatic heterocycles. The Balaban J connectivity index is 1.38. The lowest BCUT2D eigenvalue weighted by atomic mass is 9.71. The van der Waals surface area contributed by atoms with Gasteiger partial charge in [-0.3, -0.25) is 4.68 Å². The van der Waals surface area contributed by atoms with E-state index in [-0.39, 0.29) is 11.5 Å². The molecule has 1 aromatic heterocycles. The summed E-state index contributed by atoms with van der Waals surface area (Å²) in [4.78, 5) is 2.45. The Kier molecular flexibility index (Phi) is 6.98. The van der Waals surface area contributed by atoms with E-state index in [0.29, 0.717) is 16.6 Å². The van der Waals surface area contributed by atoms with Crippen LogP contribution in [0, 0.1) is 5.41 Å². The van der Waals surface area contributed by atoms with Gasteiger partial charge in [0.2, 0.25) is 0 Å². The fraction of sp³-hybridized carbons (Fsp3) is 0.414. The third-order valence-corrected chi connectivity index (χ3v) is 8.72. The minimum Gasteiger partial charge on any atom is -0.371 e. The van der Waals surface area contributed by atoms with Crippen molar-refractivity contribution in [1.82, 2.24) is 14.7 Å². The van der Waals surface area contributed by atoms with E-state index in [0.717, 1.165) is 36.0 Å². The smallest absolute Gasteiger partial charge is 0.0761 e. The van der Waals surface area contributed by atoms with Crippen LogP contribution in [-0.4, -0.2) is 34.3 Å². The number of hydrogen-bond donors (Lipinski definition) is 1. The maximum absolute atomic E-state index is 6.51. The lowest BCUT2D eigenvalue weighted by Gasteiger charge is -2.44. The second-order valence-electron chi connectivity index (χ2n) is 10.1. The molecule has 0 radical (unpaired) electrons. The second kappa shape index (κ2) is 10.0. The summed E-state index contributed by atoms with van der Waals surface area (Å²) < 4.78 is 2.06. The second-order valence-corrected chi connectivity index (χ2v) is 11.0. The number of benzene rings is 2. The molecule has 1 fully saturated rings. The third-order valence-electron chi connectivity index (χ3n) is 8.15. The molecule has 184 valence electrons. The van der Waals surface area contributed by atoms with Gasteiger partial charge in [0.05, 0.1) is 17.8 Å². The minimum atomic E-state index is -0.00499. The van der Waals surface area contributed by atoms with Gasteiger partial charge >= 0.3 is 0 Å². The molecule has 2 aliphatic rings. The molecule has 2 heterocycles. The van der Waals surface area contributed by atoms with Crippen molar-refractivity contribution in [1.29, 1.82) is 0 Å². The van der Waals surface area contributed by atoms with E-state index in [2.05, 4.69) is 47.4 Å². The van der Waals surface area contributed by atoms with E-state index in [1.807, 2.05) is 18.3 Å². The molecule has 6 heteroatoms. The molecule has 4 nitrogen and oxygen atoms in total. The molecule has 0 spiro atoms. The maximum atomic E-state index is 6.51. The number of rotatable bonds is 6. The normalized spacial score (nSPS) is 19.0. The van der Waals surface area contributed by atoms with Crippen LogP contribution < -0.4 is 5.73 Å². The number of nitrogens with zero attached hydrogens (tertiary/aromatic N) is 3. The van der Waals surface area contributed by atoms with E-state index in [4.69, 9.17) is 34.0 Å². The Morgan fingerprint density at radius 1 is 1.14 bits per heavy atom. The standard InChI is InChI=1S/C29H34Cl2N4/c1-20(26-9-8-25(30)17-27(26)31)35-28-16-23(6-7-24(28)18-33-35)22-10-14-34(15-11-22)21(2)29(19-32)12-4-3-5-13-29/h6-10,16-18,20H,2-5,11-15,19,32H2,1H3. The van der Waals surface area contributed by atoms with E-state index in [1.165, 1.54) is 48.9 Å². The van der Waals surface area contributed by atoms with Gasteiger partial charge in [-0.05, 0) is 61.1 Å². The Morgan fingerprint density at radius 3 is 2.63 bits per heavy atom. The van der Waals surface area contributed by atoms with Crippen molar-refractivity contribution in [2.24, 2.45) is 11.1 Å². The Hall–Kier alpha value is -2.27. The molecular formula is C29H34Cl2N4. The highest BCUT2D eigenvalue weighted by Crippen LogP contribution is 2.43. The van der Waals surface area contributed by atoms with Crippen LogP contribution >= 0.6 is 23.2 Å². The fourth-order valence-corrected chi connectivity index (χ4v) is 6.44.